The van der Waals surface area contributed by atoms with Gasteiger partial charge in [-0.2, -0.15) is 4.89 Å². The van der Waals surface area contributed by atoms with E-state index in [9.17, 15) is 19.0 Å². The van der Waals surface area contributed by atoms with Crippen molar-refractivity contribution in [2.45, 2.75) is 199 Å². The van der Waals surface area contributed by atoms with Crippen LogP contribution in [-0.2, 0) is 42.6 Å². The van der Waals surface area contributed by atoms with Gasteiger partial charge in [0.25, 0.3) is 0 Å². The van der Waals surface area contributed by atoms with E-state index in [4.69, 9.17) is 28.7 Å². The topological polar surface area (TPSA) is 147 Å². The Morgan fingerprint density at radius 1 is 0.655 bits per heavy atom. The number of phosphoric acid groups is 1. The number of carbonyl (C=O) groups excluding carboxylic acids is 2. The zero-order valence-electron chi connectivity index (χ0n) is 35.7. The van der Waals surface area contributed by atoms with E-state index in [0.717, 1.165) is 64.2 Å². The molecule has 0 radical (unpaired) electrons. The minimum Gasteiger partial charge on any atom is -0.462 e. The Kier molecular flexibility index (Phi) is 36.0. The number of quaternary nitrogens is 1. The molecular weight excluding hydrogens is 725 g/mol. The van der Waals surface area contributed by atoms with Crippen LogP contribution in [0.2, 0.25) is 0 Å². The number of hydrogen-bond donors (Lipinski definition) is 2. The first-order valence-electron chi connectivity index (χ1n) is 21.8. The van der Waals surface area contributed by atoms with Gasteiger partial charge in [-0.05, 0) is 32.1 Å². The molecule has 0 aromatic rings. The van der Waals surface area contributed by atoms with Gasteiger partial charge in [0.05, 0.1) is 27.7 Å². The lowest BCUT2D eigenvalue weighted by atomic mass is 10.0. The predicted octanol–water partition coefficient (Wildman–Crippen LogP) is 11.2. The van der Waals surface area contributed by atoms with Crippen LogP contribution >= 0.6 is 7.82 Å². The van der Waals surface area contributed by atoms with Gasteiger partial charge in [-0.3, -0.25) is 18.6 Å². The number of nitrogens with zero attached hydrogens (tertiary/aromatic N) is 1. The van der Waals surface area contributed by atoms with Gasteiger partial charge < -0.3 is 18.9 Å². The van der Waals surface area contributed by atoms with Crippen molar-refractivity contribution in [2.24, 2.45) is 0 Å². The molecule has 55 heavy (non-hydrogen) atoms. The highest BCUT2D eigenvalue weighted by Crippen LogP contribution is 2.43. The van der Waals surface area contributed by atoms with E-state index in [1.54, 1.807) is 0 Å². The largest absolute Gasteiger partial charge is 0.472 e. The molecule has 13 heteroatoms. The van der Waals surface area contributed by atoms with Gasteiger partial charge in [-0.25, -0.2) is 9.82 Å². The number of likely N-dealkylation sites (N-methyl/N-ethyl adjacent to an activating group) is 1. The first-order chi connectivity index (χ1) is 26.4. The van der Waals surface area contributed by atoms with Gasteiger partial charge >= 0.3 is 19.8 Å². The van der Waals surface area contributed by atoms with Crippen LogP contribution in [0.25, 0.3) is 0 Å². The number of phosphoric ester groups is 1. The van der Waals surface area contributed by atoms with Gasteiger partial charge in [0.1, 0.15) is 25.9 Å². The molecule has 0 aromatic heterocycles. The summed E-state index contributed by atoms with van der Waals surface area (Å²) in [5.41, 5.74) is 0. The summed E-state index contributed by atoms with van der Waals surface area (Å²) in [4.78, 5) is 40.3. The van der Waals surface area contributed by atoms with Crippen molar-refractivity contribution in [2.75, 3.05) is 47.5 Å². The SMILES string of the molecule is CCCCCCCCCCCCCCCC(=O)OC[C@H](COP(=O)(O)OCC[N+](C)(C)C)OC(=O)CCCCCC/C=C\C(CCCCCCCC)OOO. The zero-order valence-corrected chi connectivity index (χ0v) is 36.6. The zero-order chi connectivity index (χ0) is 40.9. The molecule has 0 aliphatic carbocycles. The second-order valence-corrected chi connectivity index (χ2v) is 17.5. The average molecular weight is 809 g/mol. The summed E-state index contributed by atoms with van der Waals surface area (Å²) < 4.78 is 34.2. The summed E-state index contributed by atoms with van der Waals surface area (Å²) in [6.07, 6.45) is 30.8. The van der Waals surface area contributed by atoms with Crippen molar-refractivity contribution >= 4 is 19.8 Å². The third kappa shape index (κ3) is 39.2. The highest BCUT2D eigenvalue weighted by atomic mass is 31.2. The van der Waals surface area contributed by atoms with Gasteiger partial charge in [-0.1, -0.05) is 159 Å². The molecule has 0 saturated carbocycles. The molecule has 0 aromatic carbocycles. The molecule has 12 nitrogen and oxygen atoms in total. The monoisotopic (exact) mass is 809 g/mol. The highest BCUT2D eigenvalue weighted by Gasteiger charge is 2.27. The number of carbonyl (C=O) groups is 2. The molecule has 0 fully saturated rings. The molecule has 2 N–H and O–H groups in total. The Hall–Kier alpha value is -1.37. The Morgan fingerprint density at radius 2 is 1.15 bits per heavy atom. The van der Waals surface area contributed by atoms with Crippen molar-refractivity contribution in [3.8, 4) is 0 Å². The maximum atomic E-state index is 12.7. The molecule has 0 heterocycles. The van der Waals surface area contributed by atoms with Crippen LogP contribution in [0, 0.1) is 0 Å². The van der Waals surface area contributed by atoms with E-state index in [2.05, 4.69) is 18.9 Å². The van der Waals surface area contributed by atoms with Crippen molar-refractivity contribution in [1.82, 2.24) is 0 Å². The van der Waals surface area contributed by atoms with Crippen molar-refractivity contribution in [3.63, 3.8) is 0 Å². The first kappa shape index (κ1) is 53.6. The van der Waals surface area contributed by atoms with Crippen LogP contribution in [0.3, 0.4) is 0 Å². The molecule has 0 rings (SSSR count). The maximum absolute atomic E-state index is 12.7. The van der Waals surface area contributed by atoms with Crippen LogP contribution in [-0.4, -0.2) is 86.3 Å². The van der Waals surface area contributed by atoms with E-state index >= 15 is 0 Å². The third-order valence-electron chi connectivity index (χ3n) is 9.51. The number of allylic oxidation sites excluding steroid dienone is 1. The quantitative estimate of drug-likeness (QED) is 0.0116. The lowest BCUT2D eigenvalue weighted by Crippen LogP contribution is -2.37. The van der Waals surface area contributed by atoms with E-state index < -0.39 is 32.5 Å². The minimum atomic E-state index is -4.40. The second-order valence-electron chi connectivity index (χ2n) is 16.0. The summed E-state index contributed by atoms with van der Waals surface area (Å²) in [6, 6.07) is 0. The maximum Gasteiger partial charge on any atom is 0.472 e. The molecule has 2 unspecified atom stereocenters. The number of esters is 2. The second kappa shape index (κ2) is 36.9. The number of rotatable bonds is 41. The molecule has 0 spiro atoms. The van der Waals surface area contributed by atoms with Crippen LogP contribution < -0.4 is 0 Å². The van der Waals surface area contributed by atoms with Crippen molar-refractivity contribution < 1.29 is 57.2 Å². The summed E-state index contributed by atoms with van der Waals surface area (Å²) in [7, 11) is 1.40. The molecule has 0 saturated heterocycles. The molecule has 0 bridgehead atoms. The fraction of sp³-hybridized carbons (Fsp3) is 0.905. The van der Waals surface area contributed by atoms with E-state index in [-0.39, 0.29) is 32.2 Å². The van der Waals surface area contributed by atoms with E-state index in [1.165, 1.54) is 89.9 Å². The summed E-state index contributed by atoms with van der Waals surface area (Å²) >= 11 is 0. The standard InChI is InChI=1S/C42H82NO11P/c1-6-8-10-12-14-15-16-17-18-19-20-25-29-33-41(44)49-37-40(38-51-55(47,48)50-36-35-43(3,4)5)52-42(45)34-30-26-22-21-24-28-32-39(53-54-46)31-27-23-13-11-9-7-2/h28,32,39-40H,6-27,29-31,33-38H2,1-5H3,(H-,46,47,48)/p+1/b32-28-/t39?,40-/m1/s1. The minimum absolute atomic E-state index is 0.0102. The predicted molar refractivity (Wildman–Crippen MR) is 219 cm³/mol. The van der Waals surface area contributed by atoms with Crippen LogP contribution in [0.4, 0.5) is 0 Å². The van der Waals surface area contributed by atoms with Gasteiger partial charge in [0.15, 0.2) is 6.10 Å². The van der Waals surface area contributed by atoms with Crippen LogP contribution in [0.1, 0.15) is 187 Å². The van der Waals surface area contributed by atoms with Gasteiger partial charge in [-0.15, -0.1) is 0 Å². The number of unbranched alkanes of at least 4 members (excludes halogenated alkanes) is 21. The Morgan fingerprint density at radius 3 is 1.67 bits per heavy atom. The van der Waals surface area contributed by atoms with Crippen LogP contribution in [0.5, 0.6) is 0 Å². The number of hydrogen-bond acceptors (Lipinski definition) is 10. The normalized spacial score (nSPS) is 14.2. The van der Waals surface area contributed by atoms with Gasteiger partial charge in [0, 0.05) is 12.8 Å². The molecule has 3 atom stereocenters. The first-order valence-corrected chi connectivity index (χ1v) is 23.3. The third-order valence-corrected chi connectivity index (χ3v) is 10.5. The fourth-order valence-corrected chi connectivity index (χ4v) is 6.78. The van der Waals surface area contributed by atoms with Gasteiger partial charge in [0.2, 0.25) is 0 Å². The Bertz CT molecular complexity index is 976. The lowest BCUT2D eigenvalue weighted by Gasteiger charge is -2.24. The fourth-order valence-electron chi connectivity index (χ4n) is 6.04. The molecule has 0 aliphatic rings. The summed E-state index contributed by atoms with van der Waals surface area (Å²) in [6.45, 7) is 4.24. The Balaban J connectivity index is 4.54. The van der Waals surface area contributed by atoms with Crippen LogP contribution in [0.15, 0.2) is 12.2 Å². The lowest BCUT2D eigenvalue weighted by molar-refractivity contribution is -0.870. The van der Waals surface area contributed by atoms with E-state index in [0.29, 0.717) is 17.4 Å². The molecule has 0 amide bonds. The molecule has 0 aliphatic heterocycles. The number of ether oxygens (including phenoxy) is 2. The summed E-state index contributed by atoms with van der Waals surface area (Å²) in [5, 5.41) is 12.7. The smallest absolute Gasteiger partial charge is 0.462 e. The highest BCUT2D eigenvalue weighted by molar-refractivity contribution is 7.47. The average Bonchev–Trinajstić information content (AvgIpc) is 3.13. The van der Waals surface area contributed by atoms with Crippen molar-refractivity contribution in [3.05, 3.63) is 12.2 Å². The summed E-state index contributed by atoms with van der Waals surface area (Å²) in [5.74, 6) is -0.882. The molecule has 326 valence electrons. The van der Waals surface area contributed by atoms with Crippen molar-refractivity contribution in [1.29, 1.82) is 0 Å². The van der Waals surface area contributed by atoms with E-state index in [1.807, 2.05) is 33.3 Å². The molecular formula is C42H83NO11P+. The Labute approximate surface area is 335 Å².